The molecular formula is C16H26N4O2. The van der Waals surface area contributed by atoms with Gasteiger partial charge in [-0.15, -0.1) is 0 Å². The number of guanidine groups is 1. The van der Waals surface area contributed by atoms with E-state index in [1.165, 1.54) is 0 Å². The number of benzene rings is 1. The molecule has 22 heavy (non-hydrogen) atoms. The Balaban J connectivity index is 2.41. The summed E-state index contributed by atoms with van der Waals surface area (Å²) in [5.74, 6) is 0.699. The first kappa shape index (κ1) is 18.0. The van der Waals surface area contributed by atoms with Gasteiger partial charge >= 0.3 is 0 Å². The van der Waals surface area contributed by atoms with Crippen LogP contribution in [0.1, 0.15) is 17.9 Å². The van der Waals surface area contributed by atoms with Gasteiger partial charge in [0.05, 0.1) is 6.61 Å². The fourth-order valence-corrected chi connectivity index (χ4v) is 1.96. The van der Waals surface area contributed by atoms with Gasteiger partial charge in [0.2, 0.25) is 5.91 Å². The van der Waals surface area contributed by atoms with E-state index in [9.17, 15) is 9.90 Å². The maximum absolute atomic E-state index is 11.5. The van der Waals surface area contributed by atoms with Crippen LogP contribution in [-0.2, 0) is 4.79 Å². The van der Waals surface area contributed by atoms with E-state index in [0.717, 1.165) is 5.56 Å². The van der Waals surface area contributed by atoms with Crippen LogP contribution in [0.3, 0.4) is 0 Å². The standard InChI is InChI=1S/C16H26N4O2/c1-17-16(18-10-9-15(22)20(2)3)19-11-14(12-21)13-7-5-4-6-8-13/h4-8,14,21H,9-12H2,1-3H3,(H2,17,18,19). The van der Waals surface area contributed by atoms with Crippen LogP contribution in [0.2, 0.25) is 0 Å². The van der Waals surface area contributed by atoms with E-state index in [4.69, 9.17) is 0 Å². The number of nitrogens with zero attached hydrogens (tertiary/aromatic N) is 2. The van der Waals surface area contributed by atoms with Crippen LogP contribution in [0, 0.1) is 0 Å². The summed E-state index contributed by atoms with van der Waals surface area (Å²) in [5.41, 5.74) is 1.08. The van der Waals surface area contributed by atoms with Crippen LogP contribution in [0.4, 0.5) is 0 Å². The number of rotatable bonds is 7. The van der Waals surface area contributed by atoms with E-state index >= 15 is 0 Å². The van der Waals surface area contributed by atoms with Crippen LogP contribution in [0.15, 0.2) is 35.3 Å². The van der Waals surface area contributed by atoms with Gasteiger partial charge in [0.15, 0.2) is 5.96 Å². The van der Waals surface area contributed by atoms with E-state index < -0.39 is 0 Å². The van der Waals surface area contributed by atoms with E-state index in [1.807, 2.05) is 30.3 Å². The SMILES string of the molecule is CN=C(NCCC(=O)N(C)C)NCC(CO)c1ccccc1. The largest absolute Gasteiger partial charge is 0.396 e. The van der Waals surface area contributed by atoms with Gasteiger partial charge in [-0.25, -0.2) is 0 Å². The highest BCUT2D eigenvalue weighted by atomic mass is 16.3. The average Bonchev–Trinajstić information content (AvgIpc) is 2.54. The highest BCUT2D eigenvalue weighted by Gasteiger charge is 2.11. The molecule has 3 N–H and O–H groups in total. The topological polar surface area (TPSA) is 77.0 Å². The van der Waals surface area contributed by atoms with Crippen LogP contribution < -0.4 is 10.6 Å². The molecule has 1 amide bonds. The molecule has 0 spiro atoms. The Hall–Kier alpha value is -2.08. The van der Waals surface area contributed by atoms with Crippen molar-refractivity contribution in [1.82, 2.24) is 15.5 Å². The molecule has 0 aliphatic heterocycles. The van der Waals surface area contributed by atoms with Crippen molar-refractivity contribution in [2.45, 2.75) is 12.3 Å². The highest BCUT2D eigenvalue weighted by Crippen LogP contribution is 2.13. The molecule has 0 aliphatic rings. The lowest BCUT2D eigenvalue weighted by atomic mass is 10.0. The molecule has 0 saturated heterocycles. The minimum Gasteiger partial charge on any atom is -0.396 e. The fraction of sp³-hybridized carbons (Fsp3) is 0.500. The summed E-state index contributed by atoms with van der Waals surface area (Å²) in [6.45, 7) is 1.15. The van der Waals surface area contributed by atoms with E-state index in [2.05, 4.69) is 15.6 Å². The van der Waals surface area contributed by atoms with E-state index in [0.29, 0.717) is 25.5 Å². The maximum atomic E-state index is 11.5. The molecule has 6 heteroatoms. The summed E-state index contributed by atoms with van der Waals surface area (Å²) in [6.07, 6.45) is 0.413. The predicted molar refractivity (Wildman–Crippen MR) is 88.9 cm³/mol. The molecule has 1 atom stereocenters. The molecule has 1 aromatic carbocycles. The fourth-order valence-electron chi connectivity index (χ4n) is 1.96. The second-order valence-electron chi connectivity index (χ2n) is 5.21. The summed E-state index contributed by atoms with van der Waals surface area (Å²) in [7, 11) is 5.15. The Kier molecular flexibility index (Phi) is 7.99. The third-order valence-electron chi connectivity index (χ3n) is 3.36. The summed E-state index contributed by atoms with van der Waals surface area (Å²) >= 11 is 0. The van der Waals surface area contributed by atoms with Gasteiger partial charge in [-0.1, -0.05) is 30.3 Å². The smallest absolute Gasteiger partial charge is 0.223 e. The van der Waals surface area contributed by atoms with Crippen molar-refractivity contribution in [2.75, 3.05) is 40.8 Å². The highest BCUT2D eigenvalue weighted by molar-refractivity contribution is 5.81. The molecular weight excluding hydrogens is 280 g/mol. The average molecular weight is 306 g/mol. The number of hydrogen-bond acceptors (Lipinski definition) is 3. The Morgan fingerprint density at radius 3 is 2.50 bits per heavy atom. The van der Waals surface area contributed by atoms with Crippen LogP contribution in [0.25, 0.3) is 0 Å². The van der Waals surface area contributed by atoms with Crippen LogP contribution >= 0.6 is 0 Å². The maximum Gasteiger partial charge on any atom is 0.223 e. The summed E-state index contributed by atoms with van der Waals surface area (Å²) in [4.78, 5) is 17.2. The normalized spacial score (nSPS) is 12.6. The Labute approximate surface area is 132 Å². The number of aliphatic hydroxyl groups is 1. The van der Waals surface area contributed by atoms with E-state index in [-0.39, 0.29) is 18.4 Å². The van der Waals surface area contributed by atoms with Crippen LogP contribution in [-0.4, -0.2) is 62.7 Å². The van der Waals surface area contributed by atoms with Crippen molar-refractivity contribution in [3.63, 3.8) is 0 Å². The molecule has 0 bridgehead atoms. The van der Waals surface area contributed by atoms with Crippen molar-refractivity contribution >= 4 is 11.9 Å². The van der Waals surface area contributed by atoms with Gasteiger partial charge in [-0.05, 0) is 5.56 Å². The number of carbonyl (C=O) groups is 1. The number of hydrogen-bond donors (Lipinski definition) is 3. The molecule has 1 unspecified atom stereocenters. The third kappa shape index (κ3) is 6.13. The second-order valence-corrected chi connectivity index (χ2v) is 5.21. The van der Waals surface area contributed by atoms with Crippen molar-refractivity contribution in [3.05, 3.63) is 35.9 Å². The number of carbonyl (C=O) groups excluding carboxylic acids is 1. The number of aliphatic hydroxyl groups excluding tert-OH is 1. The molecule has 0 saturated carbocycles. The lowest BCUT2D eigenvalue weighted by Gasteiger charge is -2.18. The van der Waals surface area contributed by atoms with Gasteiger partial charge < -0.3 is 20.6 Å². The van der Waals surface area contributed by atoms with Gasteiger partial charge in [0, 0.05) is 46.6 Å². The van der Waals surface area contributed by atoms with Gasteiger partial charge in [0.1, 0.15) is 0 Å². The molecule has 0 aromatic heterocycles. The summed E-state index contributed by atoms with van der Waals surface area (Å²) < 4.78 is 0. The van der Waals surface area contributed by atoms with Crippen molar-refractivity contribution in [2.24, 2.45) is 4.99 Å². The molecule has 1 rings (SSSR count). The number of amides is 1. The van der Waals surface area contributed by atoms with Crippen LogP contribution in [0.5, 0.6) is 0 Å². The van der Waals surface area contributed by atoms with Gasteiger partial charge in [-0.3, -0.25) is 9.79 Å². The quantitative estimate of drug-likeness (QED) is 0.504. The van der Waals surface area contributed by atoms with Gasteiger partial charge in [-0.2, -0.15) is 0 Å². The Bertz CT molecular complexity index is 474. The zero-order chi connectivity index (χ0) is 16.4. The number of nitrogens with one attached hydrogen (secondary N) is 2. The first-order chi connectivity index (χ1) is 10.6. The Morgan fingerprint density at radius 1 is 1.27 bits per heavy atom. The molecule has 1 aromatic rings. The second kappa shape index (κ2) is 9.78. The third-order valence-corrected chi connectivity index (χ3v) is 3.36. The monoisotopic (exact) mass is 306 g/mol. The molecule has 0 heterocycles. The summed E-state index contributed by atoms with van der Waals surface area (Å²) in [6, 6.07) is 9.85. The number of aliphatic imine (C=N–C) groups is 1. The Morgan fingerprint density at radius 2 is 1.95 bits per heavy atom. The van der Waals surface area contributed by atoms with Gasteiger partial charge in [0.25, 0.3) is 0 Å². The minimum absolute atomic E-state index is 0.00292. The summed E-state index contributed by atoms with van der Waals surface area (Å²) in [5, 5.41) is 15.8. The van der Waals surface area contributed by atoms with Crippen molar-refractivity contribution in [1.29, 1.82) is 0 Å². The molecule has 6 nitrogen and oxygen atoms in total. The lowest BCUT2D eigenvalue weighted by molar-refractivity contribution is -0.128. The molecule has 122 valence electrons. The zero-order valence-electron chi connectivity index (χ0n) is 13.5. The first-order valence-electron chi connectivity index (χ1n) is 7.39. The van der Waals surface area contributed by atoms with Crippen molar-refractivity contribution < 1.29 is 9.90 Å². The molecule has 0 radical (unpaired) electrons. The first-order valence-corrected chi connectivity index (χ1v) is 7.39. The molecule has 0 aliphatic carbocycles. The molecule has 0 fully saturated rings. The lowest BCUT2D eigenvalue weighted by Crippen LogP contribution is -2.41. The van der Waals surface area contributed by atoms with E-state index in [1.54, 1.807) is 26.0 Å². The minimum atomic E-state index is 0.00292. The zero-order valence-corrected chi connectivity index (χ0v) is 13.5. The predicted octanol–water partition coefficient (Wildman–Crippen LogP) is 0.406. The van der Waals surface area contributed by atoms with Crippen molar-refractivity contribution in [3.8, 4) is 0 Å².